The van der Waals surface area contributed by atoms with Gasteiger partial charge in [-0.1, -0.05) is 18.2 Å². The van der Waals surface area contributed by atoms with Crippen LogP contribution in [0.1, 0.15) is 5.56 Å². The molecule has 0 aliphatic rings. The lowest BCUT2D eigenvalue weighted by molar-refractivity contribution is 0.403. The maximum atomic E-state index is 10.3. The van der Waals surface area contributed by atoms with Gasteiger partial charge in [0.2, 0.25) is 0 Å². The van der Waals surface area contributed by atoms with Crippen molar-refractivity contribution in [1.82, 2.24) is 0 Å². The normalized spacial score (nSPS) is 10.9. The van der Waals surface area contributed by atoms with Gasteiger partial charge in [-0.05, 0) is 24.6 Å². The number of ether oxygens (including phenoxy) is 3. The fourth-order valence-electron chi connectivity index (χ4n) is 3.02. The van der Waals surface area contributed by atoms with E-state index in [4.69, 9.17) is 14.2 Å². The molecule has 4 heteroatoms. The van der Waals surface area contributed by atoms with Crippen molar-refractivity contribution >= 4 is 21.5 Å². The highest BCUT2D eigenvalue weighted by Gasteiger charge is 2.21. The van der Waals surface area contributed by atoms with E-state index in [0.29, 0.717) is 22.6 Å². The van der Waals surface area contributed by atoms with E-state index in [1.807, 2.05) is 25.1 Å². The molecule has 0 atom stereocenters. The smallest absolute Gasteiger partial charge is 0.142 e. The molecule has 114 valence electrons. The lowest BCUT2D eigenvalue weighted by Gasteiger charge is -2.19. The molecule has 0 saturated heterocycles. The first-order valence-electron chi connectivity index (χ1n) is 6.97. The molecule has 0 saturated carbocycles. The van der Waals surface area contributed by atoms with Crippen molar-refractivity contribution in [3.05, 3.63) is 35.9 Å². The molecule has 0 aromatic heterocycles. The molecule has 3 rings (SSSR count). The largest absolute Gasteiger partial charge is 0.507 e. The number of hydrogen-bond donors (Lipinski definition) is 1. The van der Waals surface area contributed by atoms with E-state index in [1.165, 1.54) is 0 Å². The molecular weight excluding hydrogens is 280 g/mol. The van der Waals surface area contributed by atoms with Crippen LogP contribution in [0.15, 0.2) is 30.3 Å². The highest BCUT2D eigenvalue weighted by molar-refractivity contribution is 6.15. The van der Waals surface area contributed by atoms with Gasteiger partial charge in [-0.2, -0.15) is 0 Å². The van der Waals surface area contributed by atoms with E-state index in [1.54, 1.807) is 33.5 Å². The summed E-state index contributed by atoms with van der Waals surface area (Å²) in [6.45, 7) is 2.01. The van der Waals surface area contributed by atoms with Crippen molar-refractivity contribution in [3.63, 3.8) is 0 Å². The SMILES string of the molecule is COc1ccc(C)c2c(OC)c3cccc(O)c3c(OC)c12. The van der Waals surface area contributed by atoms with Crippen molar-refractivity contribution in [2.45, 2.75) is 6.92 Å². The highest BCUT2D eigenvalue weighted by Crippen LogP contribution is 2.49. The predicted octanol–water partition coefficient (Wildman–Crippen LogP) is 4.03. The van der Waals surface area contributed by atoms with E-state index in [2.05, 4.69) is 0 Å². The quantitative estimate of drug-likeness (QED) is 0.742. The first-order chi connectivity index (χ1) is 10.6. The van der Waals surface area contributed by atoms with Crippen LogP contribution in [0.5, 0.6) is 23.0 Å². The number of rotatable bonds is 3. The summed E-state index contributed by atoms with van der Waals surface area (Å²) in [5.74, 6) is 2.13. The van der Waals surface area contributed by atoms with Crippen LogP contribution < -0.4 is 14.2 Å². The molecular formula is C18H18O4. The Labute approximate surface area is 128 Å². The Bertz CT molecular complexity index is 868. The minimum atomic E-state index is 0.151. The van der Waals surface area contributed by atoms with Gasteiger partial charge in [0.1, 0.15) is 23.0 Å². The number of phenolic OH excluding ortho intramolecular Hbond substituents is 1. The Morgan fingerprint density at radius 1 is 0.773 bits per heavy atom. The van der Waals surface area contributed by atoms with Crippen LogP contribution in [0.3, 0.4) is 0 Å². The Hall–Kier alpha value is -2.62. The number of phenols is 1. The van der Waals surface area contributed by atoms with Crippen molar-refractivity contribution in [3.8, 4) is 23.0 Å². The molecule has 0 spiro atoms. The molecule has 0 aliphatic carbocycles. The molecule has 3 aromatic carbocycles. The van der Waals surface area contributed by atoms with Gasteiger partial charge >= 0.3 is 0 Å². The summed E-state index contributed by atoms with van der Waals surface area (Å²) in [4.78, 5) is 0. The van der Waals surface area contributed by atoms with Crippen molar-refractivity contribution in [2.75, 3.05) is 21.3 Å². The maximum Gasteiger partial charge on any atom is 0.142 e. The van der Waals surface area contributed by atoms with Gasteiger partial charge in [0.25, 0.3) is 0 Å². The predicted molar refractivity (Wildman–Crippen MR) is 87.5 cm³/mol. The minimum Gasteiger partial charge on any atom is -0.507 e. The van der Waals surface area contributed by atoms with Crippen LogP contribution in [0, 0.1) is 6.92 Å². The van der Waals surface area contributed by atoms with Crippen LogP contribution in [-0.4, -0.2) is 26.4 Å². The number of methoxy groups -OCH3 is 3. The van der Waals surface area contributed by atoms with E-state index in [-0.39, 0.29) is 5.75 Å². The second kappa shape index (κ2) is 5.30. The van der Waals surface area contributed by atoms with Gasteiger partial charge in [0.15, 0.2) is 0 Å². The van der Waals surface area contributed by atoms with E-state index in [9.17, 15) is 5.11 Å². The van der Waals surface area contributed by atoms with Gasteiger partial charge in [0.05, 0.1) is 32.1 Å². The minimum absolute atomic E-state index is 0.151. The number of hydrogen-bond acceptors (Lipinski definition) is 4. The molecule has 0 heterocycles. The Morgan fingerprint density at radius 2 is 1.50 bits per heavy atom. The molecule has 0 aliphatic heterocycles. The van der Waals surface area contributed by atoms with Crippen LogP contribution in [0.25, 0.3) is 21.5 Å². The van der Waals surface area contributed by atoms with Crippen LogP contribution >= 0.6 is 0 Å². The molecule has 0 bridgehead atoms. The molecule has 1 N–H and O–H groups in total. The molecule has 4 nitrogen and oxygen atoms in total. The fraction of sp³-hybridized carbons (Fsp3) is 0.222. The Balaban J connectivity index is 2.71. The average Bonchev–Trinajstić information content (AvgIpc) is 2.53. The number of aryl methyl sites for hydroxylation is 1. The number of benzene rings is 3. The van der Waals surface area contributed by atoms with Crippen LogP contribution in [0.2, 0.25) is 0 Å². The van der Waals surface area contributed by atoms with Crippen LogP contribution in [-0.2, 0) is 0 Å². The zero-order chi connectivity index (χ0) is 15.9. The van der Waals surface area contributed by atoms with E-state index in [0.717, 1.165) is 21.7 Å². The van der Waals surface area contributed by atoms with E-state index >= 15 is 0 Å². The summed E-state index contributed by atoms with van der Waals surface area (Å²) in [6, 6.07) is 9.22. The van der Waals surface area contributed by atoms with E-state index < -0.39 is 0 Å². The van der Waals surface area contributed by atoms with Gasteiger partial charge in [0, 0.05) is 10.8 Å². The standard InChI is InChI=1S/C18H18O4/c1-10-8-9-13(20-2)16-14(10)17(21-3)11-6-5-7-12(19)15(11)18(16)22-4/h5-9,19H,1-4H3. The van der Waals surface area contributed by atoms with Crippen molar-refractivity contribution in [1.29, 1.82) is 0 Å². The van der Waals surface area contributed by atoms with Crippen molar-refractivity contribution in [2.24, 2.45) is 0 Å². The first kappa shape index (κ1) is 14.3. The van der Waals surface area contributed by atoms with Crippen molar-refractivity contribution < 1.29 is 19.3 Å². The summed E-state index contributed by atoms with van der Waals surface area (Å²) in [5.41, 5.74) is 1.05. The number of aromatic hydroxyl groups is 1. The Morgan fingerprint density at radius 3 is 2.14 bits per heavy atom. The average molecular weight is 298 g/mol. The number of fused-ring (bicyclic) bond motifs is 2. The zero-order valence-corrected chi connectivity index (χ0v) is 13.1. The molecule has 3 aromatic rings. The second-order valence-electron chi connectivity index (χ2n) is 5.10. The van der Waals surface area contributed by atoms with Gasteiger partial charge < -0.3 is 19.3 Å². The van der Waals surface area contributed by atoms with Crippen LogP contribution in [0.4, 0.5) is 0 Å². The second-order valence-corrected chi connectivity index (χ2v) is 5.10. The third-order valence-corrected chi connectivity index (χ3v) is 3.97. The third-order valence-electron chi connectivity index (χ3n) is 3.97. The fourth-order valence-corrected chi connectivity index (χ4v) is 3.02. The molecule has 0 radical (unpaired) electrons. The first-order valence-corrected chi connectivity index (χ1v) is 6.97. The Kier molecular flexibility index (Phi) is 3.45. The monoisotopic (exact) mass is 298 g/mol. The third kappa shape index (κ3) is 1.84. The van der Waals surface area contributed by atoms with Gasteiger partial charge in [-0.15, -0.1) is 0 Å². The molecule has 22 heavy (non-hydrogen) atoms. The molecule has 0 fully saturated rings. The van der Waals surface area contributed by atoms with Gasteiger partial charge in [-0.3, -0.25) is 0 Å². The summed E-state index contributed by atoms with van der Waals surface area (Å²) < 4.78 is 16.8. The molecule has 0 unspecified atom stereocenters. The topological polar surface area (TPSA) is 47.9 Å². The summed E-state index contributed by atoms with van der Waals surface area (Å²) in [6.07, 6.45) is 0. The highest BCUT2D eigenvalue weighted by atomic mass is 16.5. The summed E-state index contributed by atoms with van der Waals surface area (Å²) >= 11 is 0. The lowest BCUT2D eigenvalue weighted by atomic mass is 9.96. The maximum absolute atomic E-state index is 10.3. The summed E-state index contributed by atoms with van der Waals surface area (Å²) in [7, 11) is 4.84. The van der Waals surface area contributed by atoms with Gasteiger partial charge in [-0.25, -0.2) is 0 Å². The molecule has 0 amide bonds. The summed E-state index contributed by atoms with van der Waals surface area (Å²) in [5, 5.41) is 13.5. The lowest BCUT2D eigenvalue weighted by Crippen LogP contribution is -1.97. The zero-order valence-electron chi connectivity index (χ0n) is 13.1.